The van der Waals surface area contributed by atoms with Gasteiger partial charge in [-0.15, -0.1) is 0 Å². The third-order valence-corrected chi connectivity index (χ3v) is 6.83. The van der Waals surface area contributed by atoms with Crippen LogP contribution < -0.4 is 10.2 Å². The summed E-state index contributed by atoms with van der Waals surface area (Å²) in [7, 11) is 0. The number of anilines is 3. The number of ether oxygens (including phenoxy) is 2. The number of nitrogens with zero attached hydrogens (tertiary/aromatic N) is 7. The number of rotatable bonds is 7. The number of carboxylic acid groups (broad SMARTS) is 1. The molecule has 0 bridgehead atoms. The normalized spacial score (nSPS) is 21.9. The van der Waals surface area contributed by atoms with Crippen molar-refractivity contribution in [3.63, 3.8) is 0 Å². The zero-order valence-electron chi connectivity index (χ0n) is 19.9. The van der Waals surface area contributed by atoms with Crippen molar-refractivity contribution in [3.8, 4) is 0 Å². The standard InChI is InChI=1S/C23H30N8O5/c32-22-31(15-18(35-22)14-29-10-5-17(6-11-29)36-23(33)34)16-3-12-30(13-4-16)19-2-9-26-21(27-19)28-20-24-7-1-8-25-20/h1-2,7-9,16-18H,3-6,10-15H2,(H,33,34)(H,24,25,26,27,28). The first-order chi connectivity index (χ1) is 17.5. The number of amides is 1. The molecule has 192 valence electrons. The molecule has 3 aliphatic heterocycles. The van der Waals surface area contributed by atoms with Crippen molar-refractivity contribution in [2.24, 2.45) is 0 Å². The van der Waals surface area contributed by atoms with Gasteiger partial charge >= 0.3 is 12.2 Å². The Labute approximate surface area is 208 Å². The number of carbonyl (C=O) groups is 2. The zero-order valence-corrected chi connectivity index (χ0v) is 19.9. The van der Waals surface area contributed by atoms with Gasteiger partial charge in [0.25, 0.3) is 0 Å². The van der Waals surface area contributed by atoms with Crippen molar-refractivity contribution >= 4 is 30.0 Å². The highest BCUT2D eigenvalue weighted by molar-refractivity contribution is 5.70. The van der Waals surface area contributed by atoms with Crippen LogP contribution in [0.3, 0.4) is 0 Å². The Balaban J connectivity index is 1.09. The second-order valence-corrected chi connectivity index (χ2v) is 9.20. The fourth-order valence-corrected chi connectivity index (χ4v) is 5.03. The van der Waals surface area contributed by atoms with E-state index < -0.39 is 6.16 Å². The molecular weight excluding hydrogens is 468 g/mol. The lowest BCUT2D eigenvalue weighted by Gasteiger charge is -2.36. The Hall–Kier alpha value is -3.74. The van der Waals surface area contributed by atoms with Gasteiger partial charge < -0.3 is 24.4 Å². The molecule has 3 saturated heterocycles. The van der Waals surface area contributed by atoms with Gasteiger partial charge in [-0.3, -0.25) is 10.2 Å². The highest BCUT2D eigenvalue weighted by atomic mass is 16.7. The van der Waals surface area contributed by atoms with Crippen molar-refractivity contribution in [2.75, 3.05) is 49.5 Å². The van der Waals surface area contributed by atoms with Gasteiger partial charge in [0, 0.05) is 57.4 Å². The molecule has 1 unspecified atom stereocenters. The van der Waals surface area contributed by atoms with Gasteiger partial charge in [-0.1, -0.05) is 0 Å². The lowest BCUT2D eigenvalue weighted by Crippen LogP contribution is -2.46. The number of hydrogen-bond acceptors (Lipinski definition) is 11. The van der Waals surface area contributed by atoms with Crippen LogP contribution in [0.25, 0.3) is 0 Å². The van der Waals surface area contributed by atoms with E-state index in [2.05, 4.69) is 35.1 Å². The molecule has 0 saturated carbocycles. The molecule has 0 aliphatic carbocycles. The Morgan fingerprint density at radius 3 is 2.50 bits per heavy atom. The molecule has 2 N–H and O–H groups in total. The minimum Gasteiger partial charge on any atom is -0.450 e. The third-order valence-electron chi connectivity index (χ3n) is 6.83. The number of cyclic esters (lactones) is 1. The quantitative estimate of drug-likeness (QED) is 0.538. The van der Waals surface area contributed by atoms with E-state index in [1.165, 1.54) is 0 Å². The molecular formula is C23H30N8O5. The average Bonchev–Trinajstić information content (AvgIpc) is 3.25. The zero-order chi connectivity index (χ0) is 24.9. The van der Waals surface area contributed by atoms with Crippen molar-refractivity contribution in [2.45, 2.75) is 43.9 Å². The summed E-state index contributed by atoms with van der Waals surface area (Å²) in [6, 6.07) is 3.75. The highest BCUT2D eigenvalue weighted by Gasteiger charge is 2.38. The fourth-order valence-electron chi connectivity index (χ4n) is 5.03. The molecule has 0 aromatic carbocycles. The summed E-state index contributed by atoms with van der Waals surface area (Å²) in [5.41, 5.74) is 0. The second kappa shape index (κ2) is 10.9. The van der Waals surface area contributed by atoms with Crippen LogP contribution in [0.2, 0.25) is 0 Å². The van der Waals surface area contributed by atoms with E-state index in [-0.39, 0.29) is 24.3 Å². The fraction of sp³-hybridized carbons (Fsp3) is 0.565. The van der Waals surface area contributed by atoms with Crippen molar-refractivity contribution in [1.82, 2.24) is 29.7 Å². The molecule has 0 spiro atoms. The van der Waals surface area contributed by atoms with Crippen LogP contribution in [0.4, 0.5) is 27.3 Å². The molecule has 5 heterocycles. The van der Waals surface area contributed by atoms with E-state index in [4.69, 9.17) is 14.6 Å². The number of nitrogens with one attached hydrogen (secondary N) is 1. The van der Waals surface area contributed by atoms with Gasteiger partial charge in [0.2, 0.25) is 11.9 Å². The summed E-state index contributed by atoms with van der Waals surface area (Å²) < 4.78 is 10.5. The Kier molecular flexibility index (Phi) is 7.26. The third kappa shape index (κ3) is 5.90. The van der Waals surface area contributed by atoms with E-state index in [0.717, 1.165) is 44.8 Å². The summed E-state index contributed by atoms with van der Waals surface area (Å²) in [6.45, 7) is 4.24. The maximum Gasteiger partial charge on any atom is 0.506 e. The summed E-state index contributed by atoms with van der Waals surface area (Å²) in [4.78, 5) is 46.7. The maximum absolute atomic E-state index is 12.6. The van der Waals surface area contributed by atoms with Gasteiger partial charge in [-0.05, 0) is 37.8 Å². The largest absolute Gasteiger partial charge is 0.506 e. The number of hydrogen-bond donors (Lipinski definition) is 2. The summed E-state index contributed by atoms with van der Waals surface area (Å²) >= 11 is 0. The number of likely N-dealkylation sites (tertiary alicyclic amines) is 1. The molecule has 1 atom stereocenters. The van der Waals surface area contributed by atoms with Crippen LogP contribution in [0.1, 0.15) is 25.7 Å². The van der Waals surface area contributed by atoms with Gasteiger partial charge in [0.1, 0.15) is 18.0 Å². The minimum absolute atomic E-state index is 0.130. The number of piperidine rings is 2. The van der Waals surface area contributed by atoms with Crippen LogP contribution in [-0.4, -0.2) is 105 Å². The predicted octanol–water partition coefficient (Wildman–Crippen LogP) is 1.96. The summed E-state index contributed by atoms with van der Waals surface area (Å²) in [5, 5.41) is 11.8. The van der Waals surface area contributed by atoms with E-state index in [9.17, 15) is 9.59 Å². The Morgan fingerprint density at radius 2 is 1.78 bits per heavy atom. The van der Waals surface area contributed by atoms with E-state index >= 15 is 0 Å². The molecule has 1 amide bonds. The Morgan fingerprint density at radius 1 is 1.06 bits per heavy atom. The van der Waals surface area contributed by atoms with Gasteiger partial charge in [-0.25, -0.2) is 24.5 Å². The molecule has 3 aliphatic rings. The van der Waals surface area contributed by atoms with Crippen molar-refractivity contribution < 1.29 is 24.2 Å². The Bertz CT molecular complexity index is 1040. The van der Waals surface area contributed by atoms with Gasteiger partial charge in [-0.2, -0.15) is 4.98 Å². The van der Waals surface area contributed by atoms with Crippen molar-refractivity contribution in [1.29, 1.82) is 0 Å². The lowest BCUT2D eigenvalue weighted by molar-refractivity contribution is 0.0125. The highest BCUT2D eigenvalue weighted by Crippen LogP contribution is 2.26. The van der Waals surface area contributed by atoms with Crippen LogP contribution in [0, 0.1) is 0 Å². The molecule has 13 heteroatoms. The van der Waals surface area contributed by atoms with Gasteiger partial charge in [0.05, 0.1) is 6.54 Å². The SMILES string of the molecule is O=C(O)OC1CCN(CC2CN(C3CCN(c4ccnc(Nc5ncccn5)n4)CC3)C(=O)O2)CC1. The maximum atomic E-state index is 12.6. The molecule has 13 nitrogen and oxygen atoms in total. The molecule has 2 aromatic rings. The second-order valence-electron chi connectivity index (χ2n) is 9.20. The first kappa shape index (κ1) is 24.0. The summed E-state index contributed by atoms with van der Waals surface area (Å²) in [6.07, 6.45) is 6.08. The van der Waals surface area contributed by atoms with Crippen LogP contribution in [0.15, 0.2) is 30.7 Å². The predicted molar refractivity (Wildman–Crippen MR) is 128 cm³/mol. The monoisotopic (exact) mass is 498 g/mol. The lowest BCUT2D eigenvalue weighted by atomic mass is 10.0. The molecule has 2 aromatic heterocycles. The van der Waals surface area contributed by atoms with Gasteiger partial charge in [0.15, 0.2) is 0 Å². The molecule has 3 fully saturated rings. The number of aromatic nitrogens is 4. The summed E-state index contributed by atoms with van der Waals surface area (Å²) in [5.74, 6) is 1.69. The van der Waals surface area contributed by atoms with Crippen LogP contribution >= 0.6 is 0 Å². The average molecular weight is 499 g/mol. The van der Waals surface area contributed by atoms with E-state index in [0.29, 0.717) is 37.8 Å². The van der Waals surface area contributed by atoms with Crippen LogP contribution in [0.5, 0.6) is 0 Å². The topological polar surface area (TPSA) is 146 Å². The molecule has 5 rings (SSSR count). The van der Waals surface area contributed by atoms with E-state index in [1.807, 2.05) is 11.0 Å². The number of carbonyl (C=O) groups excluding carboxylic acids is 1. The minimum atomic E-state index is -1.22. The molecule has 36 heavy (non-hydrogen) atoms. The first-order valence-corrected chi connectivity index (χ1v) is 12.2. The smallest absolute Gasteiger partial charge is 0.450 e. The van der Waals surface area contributed by atoms with Crippen LogP contribution in [-0.2, 0) is 9.47 Å². The first-order valence-electron chi connectivity index (χ1n) is 12.2. The van der Waals surface area contributed by atoms with E-state index in [1.54, 1.807) is 24.7 Å². The van der Waals surface area contributed by atoms with Crippen molar-refractivity contribution in [3.05, 3.63) is 30.7 Å². The molecule has 0 radical (unpaired) electrons.